The van der Waals surface area contributed by atoms with Crippen molar-refractivity contribution in [3.63, 3.8) is 0 Å². The SMILES string of the molecule is COc1cccc(N2CCCC2C(C)C)c1N. The number of nitrogens with two attached hydrogens (primary N) is 1. The van der Waals surface area contributed by atoms with Gasteiger partial charge >= 0.3 is 0 Å². The highest BCUT2D eigenvalue weighted by atomic mass is 16.5. The van der Waals surface area contributed by atoms with E-state index in [0.717, 1.165) is 23.7 Å². The van der Waals surface area contributed by atoms with Gasteiger partial charge in [-0.05, 0) is 30.9 Å². The van der Waals surface area contributed by atoms with Crippen molar-refractivity contribution in [3.05, 3.63) is 18.2 Å². The van der Waals surface area contributed by atoms with Crippen molar-refractivity contribution in [1.82, 2.24) is 0 Å². The highest BCUT2D eigenvalue weighted by Gasteiger charge is 2.28. The fraction of sp³-hybridized carbons (Fsp3) is 0.571. The monoisotopic (exact) mass is 234 g/mol. The molecule has 1 aromatic rings. The number of hydrogen-bond donors (Lipinski definition) is 1. The Morgan fingerprint density at radius 2 is 2.18 bits per heavy atom. The number of nitrogen functional groups attached to an aromatic ring is 1. The summed E-state index contributed by atoms with van der Waals surface area (Å²) in [5.74, 6) is 1.43. The van der Waals surface area contributed by atoms with Crippen molar-refractivity contribution in [2.24, 2.45) is 5.92 Å². The predicted molar refractivity (Wildman–Crippen MR) is 72.6 cm³/mol. The predicted octanol–water partition coefficient (Wildman–Crippen LogP) is 2.90. The standard InChI is InChI=1S/C14H22N2O/c1-10(2)11-7-5-9-16(11)12-6-4-8-13(17-3)14(12)15/h4,6,8,10-11H,5,7,9,15H2,1-3H3. The van der Waals surface area contributed by atoms with E-state index in [9.17, 15) is 0 Å². The van der Waals surface area contributed by atoms with E-state index < -0.39 is 0 Å². The Morgan fingerprint density at radius 1 is 1.41 bits per heavy atom. The van der Waals surface area contributed by atoms with Crippen LogP contribution in [-0.4, -0.2) is 19.7 Å². The van der Waals surface area contributed by atoms with E-state index >= 15 is 0 Å². The zero-order chi connectivity index (χ0) is 12.4. The maximum absolute atomic E-state index is 6.17. The number of ether oxygens (including phenoxy) is 1. The number of rotatable bonds is 3. The molecule has 3 heteroatoms. The zero-order valence-corrected chi connectivity index (χ0v) is 10.9. The van der Waals surface area contributed by atoms with Crippen LogP contribution in [0.2, 0.25) is 0 Å². The van der Waals surface area contributed by atoms with Crippen LogP contribution in [-0.2, 0) is 0 Å². The molecule has 1 atom stereocenters. The largest absolute Gasteiger partial charge is 0.495 e. The summed E-state index contributed by atoms with van der Waals surface area (Å²) in [6, 6.07) is 6.63. The first kappa shape index (κ1) is 12.1. The summed E-state index contributed by atoms with van der Waals surface area (Å²) in [6.45, 7) is 5.65. The van der Waals surface area contributed by atoms with Crippen molar-refractivity contribution in [1.29, 1.82) is 0 Å². The summed E-state index contributed by atoms with van der Waals surface area (Å²) in [5.41, 5.74) is 8.06. The molecule has 1 saturated heterocycles. The van der Waals surface area contributed by atoms with E-state index in [1.165, 1.54) is 12.8 Å². The van der Waals surface area contributed by atoms with E-state index in [2.05, 4.69) is 24.8 Å². The normalized spacial score (nSPS) is 20.0. The highest BCUT2D eigenvalue weighted by molar-refractivity contribution is 5.74. The molecule has 2 rings (SSSR count). The van der Waals surface area contributed by atoms with E-state index in [1.54, 1.807) is 7.11 Å². The van der Waals surface area contributed by atoms with Crippen molar-refractivity contribution in [3.8, 4) is 5.75 Å². The fourth-order valence-electron chi connectivity index (χ4n) is 2.75. The first-order chi connectivity index (χ1) is 8.15. The molecule has 0 aliphatic carbocycles. The van der Waals surface area contributed by atoms with Crippen molar-refractivity contribution in [2.45, 2.75) is 32.7 Å². The van der Waals surface area contributed by atoms with E-state index in [4.69, 9.17) is 10.5 Å². The van der Waals surface area contributed by atoms with Crippen molar-refractivity contribution < 1.29 is 4.74 Å². The lowest BCUT2D eigenvalue weighted by Gasteiger charge is -2.31. The molecule has 1 unspecified atom stereocenters. The van der Waals surface area contributed by atoms with E-state index in [-0.39, 0.29) is 0 Å². The third-order valence-corrected chi connectivity index (χ3v) is 3.64. The molecule has 1 fully saturated rings. The molecule has 1 heterocycles. The lowest BCUT2D eigenvalue weighted by atomic mass is 10.0. The Bertz CT molecular complexity index is 390. The zero-order valence-electron chi connectivity index (χ0n) is 10.9. The van der Waals surface area contributed by atoms with Gasteiger partial charge in [0, 0.05) is 12.6 Å². The summed E-state index contributed by atoms with van der Waals surface area (Å²) in [5, 5.41) is 0. The minimum absolute atomic E-state index is 0.601. The Balaban J connectivity index is 2.33. The molecule has 1 aromatic carbocycles. The molecule has 0 spiro atoms. The summed E-state index contributed by atoms with van der Waals surface area (Å²) >= 11 is 0. The van der Waals surface area contributed by atoms with Gasteiger partial charge in [-0.1, -0.05) is 19.9 Å². The Kier molecular flexibility index (Phi) is 3.46. The number of benzene rings is 1. The second-order valence-corrected chi connectivity index (χ2v) is 5.04. The third kappa shape index (κ3) is 2.19. The van der Waals surface area contributed by atoms with Crippen molar-refractivity contribution >= 4 is 11.4 Å². The van der Waals surface area contributed by atoms with Gasteiger partial charge in [0.1, 0.15) is 5.75 Å². The van der Waals surface area contributed by atoms with Crippen LogP contribution >= 0.6 is 0 Å². The lowest BCUT2D eigenvalue weighted by molar-refractivity contribution is 0.416. The van der Waals surface area contributed by atoms with Crippen LogP contribution < -0.4 is 15.4 Å². The summed E-state index contributed by atoms with van der Waals surface area (Å²) in [4.78, 5) is 2.43. The highest BCUT2D eigenvalue weighted by Crippen LogP contribution is 2.37. The topological polar surface area (TPSA) is 38.5 Å². The summed E-state index contributed by atoms with van der Waals surface area (Å²) in [7, 11) is 1.67. The van der Waals surface area contributed by atoms with Crippen LogP contribution in [0.15, 0.2) is 18.2 Å². The molecule has 1 aliphatic heterocycles. The number of anilines is 2. The molecule has 2 N–H and O–H groups in total. The Hall–Kier alpha value is -1.38. The molecule has 0 bridgehead atoms. The molecule has 17 heavy (non-hydrogen) atoms. The number of nitrogens with zero attached hydrogens (tertiary/aromatic N) is 1. The van der Waals surface area contributed by atoms with E-state index in [1.807, 2.05) is 12.1 Å². The third-order valence-electron chi connectivity index (χ3n) is 3.64. The van der Waals surface area contributed by atoms with Crippen LogP contribution in [0.3, 0.4) is 0 Å². The molecule has 0 saturated carbocycles. The molecule has 3 nitrogen and oxygen atoms in total. The van der Waals surface area contributed by atoms with E-state index in [0.29, 0.717) is 12.0 Å². The fourth-order valence-corrected chi connectivity index (χ4v) is 2.75. The summed E-state index contributed by atoms with van der Waals surface area (Å²) < 4.78 is 5.29. The second-order valence-electron chi connectivity index (χ2n) is 5.04. The van der Waals surface area contributed by atoms with Crippen LogP contribution in [0, 0.1) is 5.92 Å². The smallest absolute Gasteiger partial charge is 0.143 e. The first-order valence-electron chi connectivity index (χ1n) is 6.34. The van der Waals surface area contributed by atoms with Gasteiger partial charge in [0.15, 0.2) is 0 Å². The Labute approximate surface area is 104 Å². The molecular weight excluding hydrogens is 212 g/mol. The number of methoxy groups -OCH3 is 1. The van der Waals surface area contributed by atoms with Crippen LogP contribution in [0.5, 0.6) is 5.75 Å². The Morgan fingerprint density at radius 3 is 2.82 bits per heavy atom. The molecule has 0 aromatic heterocycles. The summed E-state index contributed by atoms with van der Waals surface area (Å²) in [6.07, 6.45) is 2.51. The number of para-hydroxylation sites is 1. The molecule has 94 valence electrons. The van der Waals surface area contributed by atoms with Gasteiger partial charge in [0.05, 0.1) is 18.5 Å². The minimum atomic E-state index is 0.601. The lowest BCUT2D eigenvalue weighted by Crippen LogP contribution is -2.33. The second kappa shape index (κ2) is 4.86. The average molecular weight is 234 g/mol. The molecule has 1 aliphatic rings. The molecule has 0 radical (unpaired) electrons. The van der Waals surface area contributed by atoms with Gasteiger partial charge < -0.3 is 15.4 Å². The minimum Gasteiger partial charge on any atom is -0.495 e. The average Bonchev–Trinajstić information content (AvgIpc) is 2.78. The van der Waals surface area contributed by atoms with Gasteiger partial charge in [-0.15, -0.1) is 0 Å². The quantitative estimate of drug-likeness (QED) is 0.817. The maximum Gasteiger partial charge on any atom is 0.143 e. The molecular formula is C14H22N2O. The van der Waals surface area contributed by atoms with Gasteiger partial charge in [-0.3, -0.25) is 0 Å². The van der Waals surface area contributed by atoms with Gasteiger partial charge in [0.25, 0.3) is 0 Å². The van der Waals surface area contributed by atoms with Crippen LogP contribution in [0.1, 0.15) is 26.7 Å². The maximum atomic E-state index is 6.17. The number of hydrogen-bond acceptors (Lipinski definition) is 3. The first-order valence-corrected chi connectivity index (χ1v) is 6.34. The molecule has 0 amide bonds. The van der Waals surface area contributed by atoms with Crippen LogP contribution in [0.25, 0.3) is 0 Å². The van der Waals surface area contributed by atoms with Gasteiger partial charge in [-0.25, -0.2) is 0 Å². The van der Waals surface area contributed by atoms with Crippen molar-refractivity contribution in [2.75, 3.05) is 24.3 Å². The van der Waals surface area contributed by atoms with Crippen LogP contribution in [0.4, 0.5) is 11.4 Å². The van der Waals surface area contributed by atoms with Gasteiger partial charge in [0.2, 0.25) is 0 Å². The van der Waals surface area contributed by atoms with Gasteiger partial charge in [-0.2, -0.15) is 0 Å².